The molecule has 0 bridgehead atoms. The van der Waals surface area contributed by atoms with Crippen molar-refractivity contribution < 1.29 is 14.1 Å². The van der Waals surface area contributed by atoms with Crippen LogP contribution in [0.5, 0.6) is 0 Å². The molecule has 0 saturated carbocycles. The van der Waals surface area contributed by atoms with Crippen molar-refractivity contribution in [3.8, 4) is 22.8 Å². The molecule has 0 aliphatic heterocycles. The number of benzene rings is 2. The molecule has 2 aromatic heterocycles. The predicted molar refractivity (Wildman–Crippen MR) is 112 cm³/mol. The van der Waals surface area contributed by atoms with Gasteiger partial charge in [0, 0.05) is 11.1 Å². The summed E-state index contributed by atoms with van der Waals surface area (Å²) in [6.07, 6.45) is 0.777. The Bertz CT molecular complexity index is 1180. The Morgan fingerprint density at radius 1 is 1.10 bits per heavy atom. The van der Waals surface area contributed by atoms with Gasteiger partial charge >= 0.3 is 5.97 Å². The fourth-order valence-corrected chi connectivity index (χ4v) is 2.94. The minimum Gasteiger partial charge on any atom is -0.459 e. The molecule has 0 aliphatic carbocycles. The maximum Gasteiger partial charge on any atom is 0.338 e. The fourth-order valence-electron chi connectivity index (χ4n) is 2.94. The molecule has 9 heteroatoms. The van der Waals surface area contributed by atoms with E-state index in [2.05, 4.69) is 32.5 Å². The van der Waals surface area contributed by atoms with Crippen molar-refractivity contribution in [2.24, 2.45) is 0 Å². The average Bonchev–Trinajstić information content (AvgIpc) is 3.44. The van der Waals surface area contributed by atoms with E-state index in [1.165, 1.54) is 10.4 Å². The molecule has 4 rings (SSSR count). The molecule has 0 amide bonds. The Hall–Kier alpha value is -3.88. The molecule has 2 aromatic carbocycles. The molecule has 0 atom stereocenters. The van der Waals surface area contributed by atoms with Crippen molar-refractivity contribution in [1.82, 2.24) is 30.3 Å². The number of hydrogen-bond acceptors (Lipinski definition) is 8. The van der Waals surface area contributed by atoms with E-state index in [-0.39, 0.29) is 12.6 Å². The Morgan fingerprint density at radius 3 is 2.65 bits per heavy atom. The number of aryl methyl sites for hydroxylation is 1. The van der Waals surface area contributed by atoms with E-state index in [4.69, 9.17) is 9.26 Å². The van der Waals surface area contributed by atoms with Crippen LogP contribution >= 0.6 is 0 Å². The second-order valence-electron chi connectivity index (χ2n) is 7.24. The summed E-state index contributed by atoms with van der Waals surface area (Å²) >= 11 is 0. The van der Waals surface area contributed by atoms with Gasteiger partial charge in [0.15, 0.2) is 0 Å². The van der Waals surface area contributed by atoms with Crippen molar-refractivity contribution in [2.75, 3.05) is 0 Å². The summed E-state index contributed by atoms with van der Waals surface area (Å²) in [7, 11) is 0. The van der Waals surface area contributed by atoms with Gasteiger partial charge in [0.05, 0.1) is 11.7 Å². The van der Waals surface area contributed by atoms with Crippen molar-refractivity contribution in [2.45, 2.75) is 39.8 Å². The van der Waals surface area contributed by atoms with E-state index in [0.717, 1.165) is 12.0 Å². The highest BCUT2D eigenvalue weighted by atomic mass is 16.5. The van der Waals surface area contributed by atoms with Gasteiger partial charge in [-0.15, -0.1) is 10.2 Å². The summed E-state index contributed by atoms with van der Waals surface area (Å²) in [5.74, 6) is 0.867. The van der Waals surface area contributed by atoms with Gasteiger partial charge in [0.25, 0.3) is 5.89 Å². The standard InChI is InChI=1S/C22H22N6O3/c1-4-15-8-10-16(11-9-15)20-23-19(31-26-20)13-28-25-21(24-27-28)17-6-5-7-18(12-17)22(29)30-14(2)3/h5-12,14H,4,13H2,1-3H3. The second-order valence-corrected chi connectivity index (χ2v) is 7.24. The van der Waals surface area contributed by atoms with Crippen LogP contribution < -0.4 is 0 Å². The minimum absolute atomic E-state index is 0.183. The third kappa shape index (κ3) is 4.82. The van der Waals surface area contributed by atoms with Gasteiger partial charge in [0.1, 0.15) is 6.54 Å². The first-order chi connectivity index (χ1) is 15.0. The SMILES string of the molecule is CCc1ccc(-c2noc(Cn3nnc(-c4cccc(C(=O)OC(C)C)c4)n3)n2)cc1. The number of esters is 1. The zero-order valence-electron chi connectivity index (χ0n) is 17.5. The molecular weight excluding hydrogens is 396 g/mol. The smallest absolute Gasteiger partial charge is 0.338 e. The number of ether oxygens (including phenoxy) is 1. The summed E-state index contributed by atoms with van der Waals surface area (Å²) in [6.45, 7) is 5.90. The average molecular weight is 418 g/mol. The van der Waals surface area contributed by atoms with Crippen LogP contribution in [0.25, 0.3) is 22.8 Å². The van der Waals surface area contributed by atoms with Crippen LogP contribution in [0.2, 0.25) is 0 Å². The van der Waals surface area contributed by atoms with E-state index in [9.17, 15) is 4.79 Å². The maximum atomic E-state index is 12.1. The molecule has 158 valence electrons. The molecule has 0 unspecified atom stereocenters. The van der Waals surface area contributed by atoms with Crippen LogP contribution in [0, 0.1) is 0 Å². The topological polar surface area (TPSA) is 109 Å². The maximum absolute atomic E-state index is 12.1. The Morgan fingerprint density at radius 2 is 1.90 bits per heavy atom. The lowest BCUT2D eigenvalue weighted by Gasteiger charge is -2.08. The Kier molecular flexibility index (Phi) is 5.83. The molecule has 0 fully saturated rings. The first-order valence-electron chi connectivity index (χ1n) is 10.0. The molecule has 0 N–H and O–H groups in total. The number of nitrogens with zero attached hydrogens (tertiary/aromatic N) is 6. The molecule has 31 heavy (non-hydrogen) atoms. The number of carbonyl (C=O) groups excluding carboxylic acids is 1. The molecule has 4 aromatic rings. The molecule has 9 nitrogen and oxygen atoms in total. The Labute approximate surface area is 179 Å². The highest BCUT2D eigenvalue weighted by Crippen LogP contribution is 2.19. The van der Waals surface area contributed by atoms with Gasteiger partial charge in [-0.1, -0.05) is 48.5 Å². The lowest BCUT2D eigenvalue weighted by molar-refractivity contribution is 0.0378. The summed E-state index contributed by atoms with van der Waals surface area (Å²) in [6, 6.07) is 14.9. The molecule has 2 heterocycles. The number of aromatic nitrogens is 6. The monoisotopic (exact) mass is 418 g/mol. The van der Waals surface area contributed by atoms with E-state index in [1.807, 2.05) is 24.3 Å². The molecule has 0 radical (unpaired) electrons. The second kappa shape index (κ2) is 8.86. The lowest BCUT2D eigenvalue weighted by Crippen LogP contribution is -2.11. The van der Waals surface area contributed by atoms with Crippen molar-refractivity contribution in [3.63, 3.8) is 0 Å². The Balaban J connectivity index is 1.47. The van der Waals surface area contributed by atoms with E-state index in [1.54, 1.807) is 38.1 Å². The summed E-state index contributed by atoms with van der Waals surface area (Å²) in [5, 5.41) is 16.5. The van der Waals surface area contributed by atoms with Crippen molar-refractivity contribution in [3.05, 3.63) is 65.5 Å². The fraction of sp³-hybridized carbons (Fsp3) is 0.273. The summed E-state index contributed by atoms with van der Waals surface area (Å²) in [5.41, 5.74) is 3.21. The van der Waals surface area contributed by atoms with E-state index >= 15 is 0 Å². The van der Waals surface area contributed by atoms with E-state index < -0.39 is 5.97 Å². The normalized spacial score (nSPS) is 11.1. The van der Waals surface area contributed by atoms with Crippen LogP contribution in [0.4, 0.5) is 0 Å². The van der Waals surface area contributed by atoms with Gasteiger partial charge in [-0.2, -0.15) is 9.78 Å². The zero-order valence-corrected chi connectivity index (χ0v) is 17.5. The number of carbonyl (C=O) groups is 1. The molecular formula is C22H22N6O3. The van der Waals surface area contributed by atoms with Crippen LogP contribution in [0.15, 0.2) is 53.1 Å². The first-order valence-corrected chi connectivity index (χ1v) is 10.0. The summed E-state index contributed by atoms with van der Waals surface area (Å²) < 4.78 is 10.6. The third-order valence-corrected chi connectivity index (χ3v) is 4.52. The van der Waals surface area contributed by atoms with Gasteiger partial charge < -0.3 is 9.26 Å². The van der Waals surface area contributed by atoms with Crippen LogP contribution in [-0.4, -0.2) is 42.4 Å². The minimum atomic E-state index is -0.394. The van der Waals surface area contributed by atoms with Crippen molar-refractivity contribution >= 4 is 5.97 Å². The molecule has 0 saturated heterocycles. The summed E-state index contributed by atoms with van der Waals surface area (Å²) in [4.78, 5) is 17.9. The lowest BCUT2D eigenvalue weighted by atomic mass is 10.1. The van der Waals surface area contributed by atoms with Crippen LogP contribution in [-0.2, 0) is 17.7 Å². The van der Waals surface area contributed by atoms with E-state index in [0.29, 0.717) is 28.7 Å². The molecule has 0 spiro atoms. The predicted octanol–water partition coefficient (Wildman–Crippen LogP) is 3.57. The van der Waals surface area contributed by atoms with Gasteiger partial charge in [-0.3, -0.25) is 0 Å². The largest absolute Gasteiger partial charge is 0.459 e. The number of hydrogen-bond donors (Lipinski definition) is 0. The van der Waals surface area contributed by atoms with Gasteiger partial charge in [-0.05, 0) is 43.2 Å². The highest BCUT2D eigenvalue weighted by molar-refractivity contribution is 5.90. The van der Waals surface area contributed by atoms with Crippen LogP contribution in [0.3, 0.4) is 0 Å². The van der Waals surface area contributed by atoms with Gasteiger partial charge in [0.2, 0.25) is 11.6 Å². The number of tetrazole rings is 1. The highest BCUT2D eigenvalue weighted by Gasteiger charge is 2.14. The van der Waals surface area contributed by atoms with Gasteiger partial charge in [-0.25, -0.2) is 4.79 Å². The zero-order chi connectivity index (χ0) is 21.8. The first kappa shape index (κ1) is 20.4. The quantitative estimate of drug-likeness (QED) is 0.419. The molecule has 0 aliphatic rings. The number of rotatable bonds is 7. The third-order valence-electron chi connectivity index (χ3n) is 4.52. The van der Waals surface area contributed by atoms with Crippen molar-refractivity contribution in [1.29, 1.82) is 0 Å². The van der Waals surface area contributed by atoms with Crippen LogP contribution in [0.1, 0.15) is 42.6 Å².